The number of nitrogens with zero attached hydrogens (tertiary/aromatic N) is 2. The quantitative estimate of drug-likeness (QED) is 0.928. The second-order valence-corrected chi connectivity index (χ2v) is 6.23. The lowest BCUT2D eigenvalue weighted by atomic mass is 9.88. The molecule has 1 aromatic carbocycles. The maximum Gasteiger partial charge on any atom is 0.252 e. The van der Waals surface area contributed by atoms with Crippen molar-refractivity contribution >= 4 is 5.91 Å². The third-order valence-electron chi connectivity index (χ3n) is 4.25. The van der Waals surface area contributed by atoms with Gasteiger partial charge in [-0.15, -0.1) is 0 Å². The Kier molecular flexibility index (Phi) is 4.64. The van der Waals surface area contributed by atoms with Gasteiger partial charge in [-0.3, -0.25) is 4.79 Å². The zero-order chi connectivity index (χ0) is 15.5. The van der Waals surface area contributed by atoms with E-state index in [1.807, 2.05) is 31.3 Å². The molecule has 4 nitrogen and oxygen atoms in total. The average Bonchev–Trinajstić information content (AvgIpc) is 2.50. The van der Waals surface area contributed by atoms with Gasteiger partial charge in [0.1, 0.15) is 5.54 Å². The number of hydrogen-bond acceptors (Lipinski definition) is 3. The highest BCUT2D eigenvalue weighted by atomic mass is 16.1. The molecule has 1 fully saturated rings. The van der Waals surface area contributed by atoms with Gasteiger partial charge in [0.15, 0.2) is 0 Å². The second-order valence-electron chi connectivity index (χ2n) is 6.23. The van der Waals surface area contributed by atoms with Crippen LogP contribution in [0.25, 0.3) is 0 Å². The molecule has 0 spiro atoms. The summed E-state index contributed by atoms with van der Waals surface area (Å²) in [6.07, 6.45) is 1.35. The van der Waals surface area contributed by atoms with Crippen molar-refractivity contribution in [3.05, 3.63) is 35.4 Å². The predicted octanol–water partition coefficient (Wildman–Crippen LogP) is 2.53. The molecule has 0 unspecified atom stereocenters. The molecule has 1 amide bonds. The first kappa shape index (κ1) is 15.5. The van der Waals surface area contributed by atoms with E-state index in [4.69, 9.17) is 0 Å². The minimum absolute atomic E-state index is 0.156. The maximum absolute atomic E-state index is 12.4. The molecular formula is C17H23N3O. The van der Waals surface area contributed by atoms with E-state index in [1.54, 1.807) is 0 Å². The fourth-order valence-electron chi connectivity index (χ4n) is 2.57. The SMILES string of the molecule is CC(C)c1ccc(C(=O)NC2(C#N)CCN(C)CC2)cc1. The van der Waals surface area contributed by atoms with Gasteiger partial charge in [-0.25, -0.2) is 0 Å². The number of amides is 1. The third kappa shape index (κ3) is 3.62. The van der Waals surface area contributed by atoms with Gasteiger partial charge in [0, 0.05) is 18.7 Å². The second kappa shape index (κ2) is 6.28. The minimum atomic E-state index is -0.722. The van der Waals surface area contributed by atoms with Crippen molar-refractivity contribution in [1.82, 2.24) is 10.2 Å². The summed E-state index contributed by atoms with van der Waals surface area (Å²) >= 11 is 0. The van der Waals surface area contributed by atoms with Crippen molar-refractivity contribution in [2.24, 2.45) is 0 Å². The topological polar surface area (TPSA) is 56.1 Å². The van der Waals surface area contributed by atoms with Crippen molar-refractivity contribution in [3.8, 4) is 6.07 Å². The fraction of sp³-hybridized carbons (Fsp3) is 0.529. The molecule has 1 aromatic rings. The van der Waals surface area contributed by atoms with E-state index in [0.717, 1.165) is 13.1 Å². The van der Waals surface area contributed by atoms with Gasteiger partial charge in [-0.1, -0.05) is 26.0 Å². The number of piperidine rings is 1. The van der Waals surface area contributed by atoms with Gasteiger partial charge in [-0.2, -0.15) is 5.26 Å². The first-order chi connectivity index (χ1) is 9.96. The van der Waals surface area contributed by atoms with Crippen LogP contribution in [0, 0.1) is 11.3 Å². The molecule has 2 rings (SSSR count). The third-order valence-corrected chi connectivity index (χ3v) is 4.25. The Hall–Kier alpha value is -1.86. The van der Waals surface area contributed by atoms with Crippen molar-refractivity contribution in [2.45, 2.75) is 38.1 Å². The maximum atomic E-state index is 12.4. The molecule has 0 saturated carbocycles. The number of nitriles is 1. The molecule has 1 heterocycles. The Labute approximate surface area is 126 Å². The summed E-state index contributed by atoms with van der Waals surface area (Å²) in [6.45, 7) is 5.91. The fourth-order valence-corrected chi connectivity index (χ4v) is 2.57. The summed E-state index contributed by atoms with van der Waals surface area (Å²) in [7, 11) is 2.04. The Bertz CT molecular complexity index is 534. The lowest BCUT2D eigenvalue weighted by Crippen LogP contribution is -2.53. The van der Waals surface area contributed by atoms with Crippen LogP contribution in [0.5, 0.6) is 0 Å². The first-order valence-corrected chi connectivity index (χ1v) is 7.48. The summed E-state index contributed by atoms with van der Waals surface area (Å²) in [5.41, 5.74) is 1.11. The zero-order valence-electron chi connectivity index (χ0n) is 13.0. The highest BCUT2D eigenvalue weighted by Gasteiger charge is 2.35. The van der Waals surface area contributed by atoms with Gasteiger partial charge < -0.3 is 10.2 Å². The summed E-state index contributed by atoms with van der Waals surface area (Å²) in [5.74, 6) is 0.290. The van der Waals surface area contributed by atoms with E-state index in [1.165, 1.54) is 5.56 Å². The Morgan fingerprint density at radius 1 is 1.29 bits per heavy atom. The van der Waals surface area contributed by atoms with Crippen LogP contribution in [0.15, 0.2) is 24.3 Å². The van der Waals surface area contributed by atoms with Crippen LogP contribution in [-0.4, -0.2) is 36.5 Å². The minimum Gasteiger partial charge on any atom is -0.334 e. The Morgan fingerprint density at radius 3 is 2.33 bits per heavy atom. The van der Waals surface area contributed by atoms with Crippen LogP contribution in [0.1, 0.15) is 48.5 Å². The van der Waals surface area contributed by atoms with Crippen LogP contribution in [-0.2, 0) is 0 Å². The Balaban J connectivity index is 2.08. The molecule has 0 aromatic heterocycles. The number of carbonyl (C=O) groups excluding carboxylic acids is 1. The van der Waals surface area contributed by atoms with E-state index in [9.17, 15) is 10.1 Å². The van der Waals surface area contributed by atoms with Crippen LogP contribution in [0.3, 0.4) is 0 Å². The molecule has 0 atom stereocenters. The first-order valence-electron chi connectivity index (χ1n) is 7.48. The lowest BCUT2D eigenvalue weighted by Gasteiger charge is -2.36. The number of carbonyl (C=O) groups is 1. The molecule has 1 saturated heterocycles. The number of hydrogen-bond donors (Lipinski definition) is 1. The highest BCUT2D eigenvalue weighted by Crippen LogP contribution is 2.22. The Morgan fingerprint density at radius 2 is 1.86 bits per heavy atom. The molecule has 0 radical (unpaired) electrons. The summed E-state index contributed by atoms with van der Waals surface area (Å²) < 4.78 is 0. The highest BCUT2D eigenvalue weighted by molar-refractivity contribution is 5.95. The normalized spacial score (nSPS) is 18.2. The molecule has 1 aliphatic heterocycles. The van der Waals surface area contributed by atoms with E-state index in [2.05, 4.69) is 30.1 Å². The van der Waals surface area contributed by atoms with E-state index in [-0.39, 0.29) is 5.91 Å². The summed E-state index contributed by atoms with van der Waals surface area (Å²) in [4.78, 5) is 14.5. The average molecular weight is 285 g/mol. The van der Waals surface area contributed by atoms with Gasteiger partial charge in [0.25, 0.3) is 5.91 Å². The van der Waals surface area contributed by atoms with Crippen molar-refractivity contribution in [1.29, 1.82) is 5.26 Å². The molecular weight excluding hydrogens is 262 g/mol. The van der Waals surface area contributed by atoms with Crippen LogP contribution in [0.4, 0.5) is 0 Å². The molecule has 112 valence electrons. The van der Waals surface area contributed by atoms with Crippen LogP contribution < -0.4 is 5.32 Å². The number of benzene rings is 1. The molecule has 4 heteroatoms. The molecule has 1 N–H and O–H groups in total. The van der Waals surface area contributed by atoms with Crippen LogP contribution in [0.2, 0.25) is 0 Å². The van der Waals surface area contributed by atoms with Crippen molar-refractivity contribution in [3.63, 3.8) is 0 Å². The standard InChI is InChI=1S/C17H23N3O/c1-13(2)14-4-6-15(7-5-14)16(21)19-17(12-18)8-10-20(3)11-9-17/h4-7,13H,8-11H2,1-3H3,(H,19,21). The monoisotopic (exact) mass is 285 g/mol. The van der Waals surface area contributed by atoms with E-state index in [0.29, 0.717) is 24.3 Å². The number of rotatable bonds is 3. The van der Waals surface area contributed by atoms with E-state index < -0.39 is 5.54 Å². The van der Waals surface area contributed by atoms with Crippen molar-refractivity contribution < 1.29 is 4.79 Å². The molecule has 21 heavy (non-hydrogen) atoms. The van der Waals surface area contributed by atoms with E-state index >= 15 is 0 Å². The van der Waals surface area contributed by atoms with Crippen LogP contribution >= 0.6 is 0 Å². The number of nitrogens with one attached hydrogen (secondary N) is 1. The summed E-state index contributed by atoms with van der Waals surface area (Å²) in [6, 6.07) is 9.94. The van der Waals surface area contributed by atoms with Gasteiger partial charge in [0.2, 0.25) is 0 Å². The van der Waals surface area contributed by atoms with Gasteiger partial charge in [0.05, 0.1) is 6.07 Å². The number of likely N-dealkylation sites (tertiary alicyclic amines) is 1. The van der Waals surface area contributed by atoms with Gasteiger partial charge in [-0.05, 0) is 43.5 Å². The van der Waals surface area contributed by atoms with Crippen molar-refractivity contribution in [2.75, 3.05) is 20.1 Å². The lowest BCUT2D eigenvalue weighted by molar-refractivity contribution is 0.0882. The molecule has 0 aliphatic carbocycles. The smallest absolute Gasteiger partial charge is 0.252 e. The predicted molar refractivity (Wildman–Crippen MR) is 83.1 cm³/mol. The largest absolute Gasteiger partial charge is 0.334 e. The van der Waals surface area contributed by atoms with Gasteiger partial charge >= 0.3 is 0 Å². The summed E-state index contributed by atoms with van der Waals surface area (Å²) in [5, 5.41) is 12.4. The zero-order valence-corrected chi connectivity index (χ0v) is 13.0. The molecule has 1 aliphatic rings. The molecule has 0 bridgehead atoms.